The fourth-order valence-corrected chi connectivity index (χ4v) is 1.42. The van der Waals surface area contributed by atoms with E-state index in [2.05, 4.69) is 10.1 Å². The van der Waals surface area contributed by atoms with E-state index in [-0.39, 0.29) is 18.6 Å². The summed E-state index contributed by atoms with van der Waals surface area (Å²) in [7, 11) is 1.27. The van der Waals surface area contributed by atoms with E-state index in [1.165, 1.54) is 7.11 Å². The van der Waals surface area contributed by atoms with E-state index in [0.29, 0.717) is 13.0 Å². The summed E-state index contributed by atoms with van der Waals surface area (Å²) in [5.41, 5.74) is 5.41. The summed E-state index contributed by atoms with van der Waals surface area (Å²) >= 11 is 0. The summed E-state index contributed by atoms with van der Waals surface area (Å²) in [6.45, 7) is 0.295. The molecule has 0 bridgehead atoms. The van der Waals surface area contributed by atoms with E-state index in [9.17, 15) is 9.59 Å². The fourth-order valence-electron chi connectivity index (χ4n) is 1.42. The van der Waals surface area contributed by atoms with Gasteiger partial charge in [0.2, 0.25) is 5.91 Å². The maximum atomic E-state index is 11.4. The Balaban J connectivity index is 2.26. The highest BCUT2D eigenvalue weighted by Gasteiger charge is 2.29. The Kier molecular flexibility index (Phi) is 4.51. The second-order valence-electron chi connectivity index (χ2n) is 3.35. The Labute approximate surface area is 88.1 Å². The van der Waals surface area contributed by atoms with Crippen molar-refractivity contribution in [3.63, 3.8) is 0 Å². The third-order valence-electron chi connectivity index (χ3n) is 2.30. The lowest BCUT2D eigenvalue weighted by Gasteiger charge is -2.11. The Morgan fingerprint density at radius 1 is 1.53 bits per heavy atom. The van der Waals surface area contributed by atoms with Crippen LogP contribution in [-0.2, 0) is 19.1 Å². The highest BCUT2D eigenvalue weighted by Crippen LogP contribution is 2.18. The van der Waals surface area contributed by atoms with Gasteiger partial charge in [0.15, 0.2) is 0 Å². The highest BCUT2D eigenvalue weighted by atomic mass is 16.5. The Morgan fingerprint density at radius 2 is 2.27 bits per heavy atom. The van der Waals surface area contributed by atoms with Crippen molar-refractivity contribution < 1.29 is 19.1 Å². The topological polar surface area (TPSA) is 90.7 Å². The van der Waals surface area contributed by atoms with Crippen molar-refractivity contribution in [1.29, 1.82) is 0 Å². The number of carbonyl (C=O) groups is 2. The van der Waals surface area contributed by atoms with Crippen LogP contribution >= 0.6 is 0 Å². The molecule has 1 aliphatic rings. The van der Waals surface area contributed by atoms with Gasteiger partial charge in [0, 0.05) is 6.54 Å². The van der Waals surface area contributed by atoms with Gasteiger partial charge in [0.25, 0.3) is 0 Å². The van der Waals surface area contributed by atoms with Crippen molar-refractivity contribution >= 4 is 11.9 Å². The molecule has 0 radical (unpaired) electrons. The van der Waals surface area contributed by atoms with Gasteiger partial charge in [0.1, 0.15) is 12.6 Å². The predicted molar refractivity (Wildman–Crippen MR) is 52.0 cm³/mol. The molecular formula is C9H16N2O4. The normalized spacial score (nSPS) is 24.9. The third-order valence-corrected chi connectivity index (χ3v) is 2.30. The van der Waals surface area contributed by atoms with Crippen LogP contribution in [0.2, 0.25) is 0 Å². The molecule has 0 aromatic heterocycles. The van der Waals surface area contributed by atoms with Gasteiger partial charge in [-0.15, -0.1) is 0 Å². The molecule has 1 rings (SSSR count). The first kappa shape index (κ1) is 11.9. The molecule has 86 valence electrons. The summed E-state index contributed by atoms with van der Waals surface area (Å²) in [4.78, 5) is 22.2. The minimum absolute atomic E-state index is 0.0427. The molecule has 3 N–H and O–H groups in total. The largest absolute Gasteiger partial charge is 0.468 e. The Bertz CT molecular complexity index is 244. The highest BCUT2D eigenvalue weighted by molar-refractivity contribution is 5.85. The zero-order valence-electron chi connectivity index (χ0n) is 8.69. The molecule has 15 heavy (non-hydrogen) atoms. The van der Waals surface area contributed by atoms with Crippen LogP contribution in [-0.4, -0.2) is 44.3 Å². The molecule has 1 fully saturated rings. The maximum absolute atomic E-state index is 11.4. The number of hydrogen-bond acceptors (Lipinski definition) is 5. The first-order valence-corrected chi connectivity index (χ1v) is 4.87. The van der Waals surface area contributed by atoms with E-state index in [4.69, 9.17) is 10.5 Å². The quantitative estimate of drug-likeness (QED) is 0.575. The van der Waals surface area contributed by atoms with Gasteiger partial charge in [-0.3, -0.25) is 9.59 Å². The fraction of sp³-hybridized carbons (Fsp3) is 0.778. The number of nitrogens with two attached hydrogens (primary N) is 1. The average molecular weight is 216 g/mol. The molecule has 0 saturated carbocycles. The molecule has 6 nitrogen and oxygen atoms in total. The number of carbonyl (C=O) groups excluding carboxylic acids is 2. The van der Waals surface area contributed by atoms with Crippen molar-refractivity contribution in [3.05, 3.63) is 0 Å². The van der Waals surface area contributed by atoms with Crippen molar-refractivity contribution in [1.82, 2.24) is 5.32 Å². The molecule has 2 atom stereocenters. The van der Waals surface area contributed by atoms with E-state index in [0.717, 1.165) is 6.42 Å². The molecule has 6 heteroatoms. The van der Waals surface area contributed by atoms with Crippen molar-refractivity contribution in [3.8, 4) is 0 Å². The monoisotopic (exact) mass is 216 g/mol. The van der Waals surface area contributed by atoms with Gasteiger partial charge < -0.3 is 20.5 Å². The van der Waals surface area contributed by atoms with Crippen LogP contribution in [0.1, 0.15) is 12.8 Å². The first-order valence-electron chi connectivity index (χ1n) is 4.87. The molecule has 1 saturated heterocycles. The third kappa shape index (κ3) is 3.49. The molecule has 1 aliphatic heterocycles. The molecule has 0 aliphatic carbocycles. The van der Waals surface area contributed by atoms with Gasteiger partial charge in [-0.05, 0) is 12.8 Å². The van der Waals surface area contributed by atoms with Gasteiger partial charge >= 0.3 is 5.97 Å². The van der Waals surface area contributed by atoms with Crippen LogP contribution in [0.3, 0.4) is 0 Å². The number of methoxy groups -OCH3 is 1. The van der Waals surface area contributed by atoms with Crippen molar-refractivity contribution in [2.24, 2.45) is 5.73 Å². The lowest BCUT2D eigenvalue weighted by Crippen LogP contribution is -2.38. The second-order valence-corrected chi connectivity index (χ2v) is 3.35. The summed E-state index contributed by atoms with van der Waals surface area (Å²) in [6, 6.07) is 0. The van der Waals surface area contributed by atoms with Crippen LogP contribution in [0.15, 0.2) is 0 Å². The summed E-state index contributed by atoms with van der Waals surface area (Å²) in [6.07, 6.45) is 0.906. The number of amides is 1. The molecule has 1 amide bonds. The number of hydrogen-bond donors (Lipinski definition) is 2. The SMILES string of the molecule is COC(=O)CNC(=O)[C@@H]1CC[C@H](CN)O1. The Hall–Kier alpha value is -1.14. The smallest absolute Gasteiger partial charge is 0.325 e. The van der Waals surface area contributed by atoms with Gasteiger partial charge in [-0.2, -0.15) is 0 Å². The van der Waals surface area contributed by atoms with Crippen molar-refractivity contribution in [2.45, 2.75) is 25.0 Å². The molecule has 1 heterocycles. The van der Waals surface area contributed by atoms with E-state index in [1.54, 1.807) is 0 Å². The van der Waals surface area contributed by atoms with Crippen LogP contribution in [0.25, 0.3) is 0 Å². The van der Waals surface area contributed by atoms with Gasteiger partial charge in [-0.1, -0.05) is 0 Å². The summed E-state index contributed by atoms with van der Waals surface area (Å²) < 4.78 is 9.74. The van der Waals surface area contributed by atoms with E-state index >= 15 is 0 Å². The number of rotatable bonds is 4. The summed E-state index contributed by atoms with van der Waals surface area (Å²) in [5.74, 6) is -0.756. The molecule has 0 unspecified atom stereocenters. The zero-order valence-corrected chi connectivity index (χ0v) is 8.69. The number of nitrogens with one attached hydrogen (secondary N) is 1. The zero-order chi connectivity index (χ0) is 11.3. The summed E-state index contributed by atoms with van der Waals surface area (Å²) in [5, 5.41) is 2.44. The standard InChI is InChI=1S/C9H16N2O4/c1-14-8(12)5-11-9(13)7-3-2-6(4-10)15-7/h6-7H,2-5,10H2,1H3,(H,11,13)/t6-,7+/m1/s1. The van der Waals surface area contributed by atoms with Crippen LogP contribution in [0, 0.1) is 0 Å². The van der Waals surface area contributed by atoms with E-state index < -0.39 is 12.1 Å². The van der Waals surface area contributed by atoms with Gasteiger partial charge in [-0.25, -0.2) is 0 Å². The number of esters is 1. The predicted octanol–water partition coefficient (Wildman–Crippen LogP) is -1.22. The van der Waals surface area contributed by atoms with Crippen LogP contribution in [0.5, 0.6) is 0 Å². The van der Waals surface area contributed by atoms with Crippen LogP contribution < -0.4 is 11.1 Å². The van der Waals surface area contributed by atoms with Gasteiger partial charge in [0.05, 0.1) is 13.2 Å². The number of ether oxygens (including phenoxy) is 2. The molecule has 0 spiro atoms. The molecule has 0 aromatic carbocycles. The lowest BCUT2D eigenvalue weighted by molar-refractivity contribution is -0.142. The second kappa shape index (κ2) is 5.67. The maximum Gasteiger partial charge on any atom is 0.325 e. The first-order chi connectivity index (χ1) is 7.17. The Morgan fingerprint density at radius 3 is 2.80 bits per heavy atom. The van der Waals surface area contributed by atoms with Crippen molar-refractivity contribution in [2.75, 3.05) is 20.2 Å². The molecular weight excluding hydrogens is 200 g/mol. The minimum Gasteiger partial charge on any atom is -0.468 e. The minimum atomic E-state index is -0.483. The van der Waals surface area contributed by atoms with E-state index in [1.807, 2.05) is 0 Å². The molecule has 0 aromatic rings. The van der Waals surface area contributed by atoms with Crippen LogP contribution in [0.4, 0.5) is 0 Å². The average Bonchev–Trinajstić information content (AvgIpc) is 2.73. The lowest BCUT2D eigenvalue weighted by atomic mass is 10.2.